The Morgan fingerprint density at radius 1 is 1.09 bits per heavy atom. The molecule has 0 aliphatic carbocycles. The summed E-state index contributed by atoms with van der Waals surface area (Å²) in [7, 11) is 0. The first-order chi connectivity index (χ1) is 15.5. The van der Waals surface area contributed by atoms with Crippen LogP contribution in [-0.4, -0.2) is 33.8 Å². The maximum atomic E-state index is 12.0. The third kappa shape index (κ3) is 4.52. The van der Waals surface area contributed by atoms with Crippen molar-refractivity contribution in [3.05, 3.63) is 76.5 Å². The Kier molecular flexibility index (Phi) is 6.53. The number of pyridine rings is 1. The lowest BCUT2D eigenvalue weighted by Gasteiger charge is -2.12. The van der Waals surface area contributed by atoms with Crippen LogP contribution in [0.15, 0.2) is 60.8 Å². The number of ether oxygens (including phenoxy) is 2. The zero-order chi connectivity index (χ0) is 22.7. The van der Waals surface area contributed by atoms with Crippen LogP contribution in [0.3, 0.4) is 0 Å². The summed E-state index contributed by atoms with van der Waals surface area (Å²) in [6.45, 7) is 3.01. The number of rotatable bonds is 8. The Morgan fingerprint density at radius 2 is 1.94 bits per heavy atom. The van der Waals surface area contributed by atoms with Crippen LogP contribution < -0.4 is 9.47 Å². The Hall–Kier alpha value is -3.22. The molecule has 0 bridgehead atoms. The molecule has 1 N–H and O–H groups in total. The van der Waals surface area contributed by atoms with Crippen molar-refractivity contribution in [1.29, 1.82) is 0 Å². The number of aromatic nitrogens is 2. The molecule has 6 nitrogen and oxygen atoms in total. The third-order valence-electron chi connectivity index (χ3n) is 4.93. The summed E-state index contributed by atoms with van der Waals surface area (Å²) in [6.07, 6.45) is 1.67. The molecule has 0 aliphatic rings. The molecule has 0 aliphatic heterocycles. The first kappa shape index (κ1) is 22.0. The minimum atomic E-state index is -1.03. The summed E-state index contributed by atoms with van der Waals surface area (Å²) < 4.78 is 13.1. The van der Waals surface area contributed by atoms with E-state index in [2.05, 4.69) is 4.98 Å². The van der Waals surface area contributed by atoms with Crippen molar-refractivity contribution in [3.63, 3.8) is 0 Å². The molecule has 0 amide bonds. The van der Waals surface area contributed by atoms with Crippen molar-refractivity contribution in [3.8, 4) is 22.8 Å². The molecule has 2 aromatic heterocycles. The maximum absolute atomic E-state index is 12.0. The van der Waals surface area contributed by atoms with Gasteiger partial charge in [-0.1, -0.05) is 35.3 Å². The molecule has 0 fully saturated rings. The lowest BCUT2D eigenvalue weighted by atomic mass is 10.1. The molecule has 164 valence electrons. The number of aromatic carboxylic acids is 1. The molecular weight excluding hydrogens is 451 g/mol. The van der Waals surface area contributed by atoms with Crippen LogP contribution in [0, 0.1) is 0 Å². The number of carbonyl (C=O) groups is 1. The fourth-order valence-corrected chi connectivity index (χ4v) is 4.04. The number of hydrogen-bond acceptors (Lipinski definition) is 4. The highest BCUT2D eigenvalue weighted by atomic mass is 35.5. The van der Waals surface area contributed by atoms with Gasteiger partial charge in [0, 0.05) is 22.2 Å². The van der Waals surface area contributed by atoms with E-state index in [1.54, 1.807) is 41.1 Å². The van der Waals surface area contributed by atoms with Crippen molar-refractivity contribution in [2.24, 2.45) is 0 Å². The lowest BCUT2D eigenvalue weighted by Crippen LogP contribution is -2.13. The number of carboxylic acids is 1. The second-order valence-corrected chi connectivity index (χ2v) is 7.81. The second kappa shape index (κ2) is 9.51. The minimum Gasteiger partial charge on any atom is -0.494 e. The summed E-state index contributed by atoms with van der Waals surface area (Å²) in [5.74, 6) is 0.189. The van der Waals surface area contributed by atoms with E-state index < -0.39 is 5.97 Å². The highest BCUT2D eigenvalue weighted by Gasteiger charge is 2.18. The van der Waals surface area contributed by atoms with Crippen LogP contribution in [0.25, 0.3) is 22.2 Å². The quantitative estimate of drug-likeness (QED) is 0.332. The predicted molar refractivity (Wildman–Crippen MR) is 125 cm³/mol. The van der Waals surface area contributed by atoms with Crippen molar-refractivity contribution < 1.29 is 19.4 Å². The lowest BCUT2D eigenvalue weighted by molar-refractivity contribution is 0.0684. The first-order valence-electron chi connectivity index (χ1n) is 10.0. The zero-order valence-corrected chi connectivity index (χ0v) is 18.7. The van der Waals surface area contributed by atoms with Crippen molar-refractivity contribution in [2.75, 3.05) is 13.2 Å². The van der Waals surface area contributed by atoms with E-state index >= 15 is 0 Å². The van der Waals surface area contributed by atoms with Crippen molar-refractivity contribution in [1.82, 2.24) is 9.55 Å². The highest BCUT2D eigenvalue weighted by molar-refractivity contribution is 6.35. The Balaban J connectivity index is 1.68. The molecule has 0 saturated carbocycles. The summed E-state index contributed by atoms with van der Waals surface area (Å²) in [5, 5.41) is 11.4. The molecule has 8 heteroatoms. The van der Waals surface area contributed by atoms with Gasteiger partial charge < -0.3 is 19.1 Å². The van der Waals surface area contributed by atoms with E-state index in [0.29, 0.717) is 34.6 Å². The van der Waals surface area contributed by atoms with E-state index in [0.717, 1.165) is 22.2 Å². The molecular formula is C24H20Cl2N2O4. The summed E-state index contributed by atoms with van der Waals surface area (Å²) >= 11 is 12.1. The van der Waals surface area contributed by atoms with E-state index in [4.69, 9.17) is 32.7 Å². The first-order valence-corrected chi connectivity index (χ1v) is 10.8. The molecule has 4 rings (SSSR count). The van der Waals surface area contributed by atoms with Gasteiger partial charge in [-0.15, -0.1) is 0 Å². The van der Waals surface area contributed by atoms with E-state index in [1.807, 2.05) is 31.2 Å². The topological polar surface area (TPSA) is 73.6 Å². The van der Waals surface area contributed by atoms with Crippen LogP contribution in [-0.2, 0) is 6.54 Å². The molecule has 0 spiro atoms. The zero-order valence-electron chi connectivity index (χ0n) is 17.2. The van der Waals surface area contributed by atoms with Gasteiger partial charge in [0.05, 0.1) is 29.4 Å². The summed E-state index contributed by atoms with van der Waals surface area (Å²) in [4.78, 5) is 16.5. The van der Waals surface area contributed by atoms with E-state index in [-0.39, 0.29) is 12.3 Å². The van der Waals surface area contributed by atoms with Gasteiger partial charge in [-0.05, 0) is 49.4 Å². The van der Waals surface area contributed by atoms with Crippen LogP contribution in [0.5, 0.6) is 11.5 Å². The Morgan fingerprint density at radius 3 is 2.69 bits per heavy atom. The number of benzene rings is 2. The van der Waals surface area contributed by atoms with Gasteiger partial charge in [0.2, 0.25) is 0 Å². The molecule has 2 heterocycles. The SMILES string of the molecule is CCOc1cccc(-c2nccc3c2cc(C(=O)O)n3CCOc2ccc(Cl)cc2Cl)c1. The number of fused-ring (bicyclic) bond motifs is 1. The fraction of sp³-hybridized carbons (Fsp3) is 0.167. The van der Waals surface area contributed by atoms with E-state index in [9.17, 15) is 9.90 Å². The van der Waals surface area contributed by atoms with Crippen LogP contribution in [0.4, 0.5) is 0 Å². The predicted octanol–water partition coefficient (Wildman–Crippen LogP) is 6.19. The Bertz CT molecular complexity index is 1290. The average molecular weight is 471 g/mol. The van der Waals surface area contributed by atoms with Crippen LogP contribution in [0.2, 0.25) is 10.0 Å². The normalized spacial score (nSPS) is 11.0. The van der Waals surface area contributed by atoms with Gasteiger partial charge in [-0.2, -0.15) is 0 Å². The van der Waals surface area contributed by atoms with Gasteiger partial charge in [0.15, 0.2) is 0 Å². The number of nitrogens with zero attached hydrogens (tertiary/aromatic N) is 2. The molecule has 0 atom stereocenters. The molecule has 0 saturated heterocycles. The van der Waals surface area contributed by atoms with Crippen LogP contribution in [0.1, 0.15) is 17.4 Å². The van der Waals surface area contributed by atoms with Crippen LogP contribution >= 0.6 is 23.2 Å². The molecule has 0 radical (unpaired) electrons. The second-order valence-electron chi connectivity index (χ2n) is 6.96. The molecule has 32 heavy (non-hydrogen) atoms. The van der Waals surface area contributed by atoms with Gasteiger partial charge in [0.25, 0.3) is 0 Å². The van der Waals surface area contributed by atoms with Crippen molar-refractivity contribution >= 4 is 40.1 Å². The summed E-state index contributed by atoms with van der Waals surface area (Å²) in [6, 6.07) is 16.0. The third-order valence-corrected chi connectivity index (χ3v) is 5.46. The number of halogens is 2. The molecule has 0 unspecified atom stereocenters. The van der Waals surface area contributed by atoms with Gasteiger partial charge in [0.1, 0.15) is 23.8 Å². The number of carboxylic acid groups (broad SMARTS) is 1. The maximum Gasteiger partial charge on any atom is 0.352 e. The number of hydrogen-bond donors (Lipinski definition) is 1. The minimum absolute atomic E-state index is 0.154. The van der Waals surface area contributed by atoms with E-state index in [1.165, 1.54) is 0 Å². The van der Waals surface area contributed by atoms with Crippen molar-refractivity contribution in [2.45, 2.75) is 13.5 Å². The van der Waals surface area contributed by atoms with Gasteiger partial charge in [-0.25, -0.2) is 4.79 Å². The van der Waals surface area contributed by atoms with Gasteiger partial charge in [-0.3, -0.25) is 4.98 Å². The van der Waals surface area contributed by atoms with Gasteiger partial charge >= 0.3 is 5.97 Å². The highest BCUT2D eigenvalue weighted by Crippen LogP contribution is 2.32. The fourth-order valence-electron chi connectivity index (χ4n) is 3.57. The average Bonchev–Trinajstić information content (AvgIpc) is 3.15. The molecule has 4 aromatic rings. The monoisotopic (exact) mass is 470 g/mol. The largest absolute Gasteiger partial charge is 0.494 e. The smallest absolute Gasteiger partial charge is 0.352 e. The molecule has 2 aromatic carbocycles. The summed E-state index contributed by atoms with van der Waals surface area (Å²) in [5.41, 5.74) is 2.44. The standard InChI is InChI=1S/C24H20Cl2N2O4/c1-2-31-17-5-3-4-15(12-17)23-18-14-21(24(29)30)28(20(18)8-9-27-23)10-11-32-22-7-6-16(25)13-19(22)26/h3-9,12-14H,2,10-11H2,1H3,(H,29,30). The Labute approximate surface area is 194 Å².